The second-order valence-corrected chi connectivity index (χ2v) is 9.64. The first-order chi connectivity index (χ1) is 18.2. The number of aryl methyl sites for hydroxylation is 2. The standard InChI is InChI=1S/C31H34N2O5/c1-7-15-38-24-10-8-9-23(18-24)33-28(21-11-13-22(14-12-21)32(4)5)27(30(35)31(33)36)29(34)25-16-20(3)26(37-6)17-19(25)2/h8-14,16-18,28,34H,7,15H2,1-6H3/b29-27+. The molecule has 0 saturated carbocycles. The summed E-state index contributed by atoms with van der Waals surface area (Å²) < 4.78 is 11.2. The van der Waals surface area contributed by atoms with Crippen molar-refractivity contribution in [3.05, 3.63) is 88.5 Å². The minimum absolute atomic E-state index is 0.0418. The number of ketones is 1. The Kier molecular flexibility index (Phi) is 7.76. The monoisotopic (exact) mass is 514 g/mol. The number of nitrogens with zero attached hydrogens (tertiary/aromatic N) is 2. The topological polar surface area (TPSA) is 79.3 Å². The molecule has 1 heterocycles. The number of amides is 1. The third kappa shape index (κ3) is 4.96. The van der Waals surface area contributed by atoms with E-state index in [1.807, 2.05) is 76.2 Å². The maximum Gasteiger partial charge on any atom is 0.300 e. The molecule has 0 radical (unpaired) electrons. The number of rotatable bonds is 8. The van der Waals surface area contributed by atoms with Crippen molar-refractivity contribution in [2.45, 2.75) is 33.2 Å². The predicted octanol–water partition coefficient (Wildman–Crippen LogP) is 5.79. The number of aliphatic hydroxyl groups excluding tert-OH is 1. The molecule has 7 nitrogen and oxygen atoms in total. The summed E-state index contributed by atoms with van der Waals surface area (Å²) in [5.41, 5.74) is 4.26. The molecule has 3 aromatic rings. The Hall–Kier alpha value is -4.26. The number of hydrogen-bond donors (Lipinski definition) is 1. The van der Waals surface area contributed by atoms with E-state index < -0.39 is 17.7 Å². The summed E-state index contributed by atoms with van der Waals surface area (Å²) in [7, 11) is 5.47. The van der Waals surface area contributed by atoms with E-state index >= 15 is 0 Å². The van der Waals surface area contributed by atoms with Crippen LogP contribution in [0.25, 0.3) is 5.76 Å². The van der Waals surface area contributed by atoms with Gasteiger partial charge in [0.1, 0.15) is 17.3 Å². The van der Waals surface area contributed by atoms with Crippen molar-refractivity contribution < 1.29 is 24.2 Å². The Morgan fingerprint density at radius 1 is 1.00 bits per heavy atom. The first kappa shape index (κ1) is 26.8. The zero-order chi connectivity index (χ0) is 27.6. The number of methoxy groups -OCH3 is 1. The first-order valence-electron chi connectivity index (χ1n) is 12.6. The molecule has 1 saturated heterocycles. The quantitative estimate of drug-likeness (QED) is 0.233. The summed E-state index contributed by atoms with van der Waals surface area (Å²) in [6.07, 6.45) is 0.841. The molecule has 1 aliphatic heterocycles. The number of ether oxygens (including phenoxy) is 2. The molecule has 1 atom stereocenters. The van der Waals surface area contributed by atoms with Gasteiger partial charge in [-0.25, -0.2) is 0 Å². The van der Waals surface area contributed by atoms with Crippen molar-refractivity contribution in [3.8, 4) is 11.5 Å². The van der Waals surface area contributed by atoms with Crippen LogP contribution < -0.4 is 19.3 Å². The fourth-order valence-electron chi connectivity index (χ4n) is 4.72. The van der Waals surface area contributed by atoms with Gasteiger partial charge < -0.3 is 19.5 Å². The average molecular weight is 515 g/mol. The molecule has 198 valence electrons. The van der Waals surface area contributed by atoms with Gasteiger partial charge in [0, 0.05) is 37.1 Å². The fourth-order valence-corrected chi connectivity index (χ4v) is 4.72. The van der Waals surface area contributed by atoms with E-state index in [4.69, 9.17) is 9.47 Å². The Balaban J connectivity index is 1.92. The summed E-state index contributed by atoms with van der Waals surface area (Å²) in [5.74, 6) is -0.372. The minimum atomic E-state index is -0.825. The van der Waals surface area contributed by atoms with Crippen LogP contribution in [0.2, 0.25) is 0 Å². The number of hydrogen-bond acceptors (Lipinski definition) is 6. The van der Waals surface area contributed by atoms with Crippen LogP contribution in [0.5, 0.6) is 11.5 Å². The molecule has 4 rings (SSSR count). The van der Waals surface area contributed by atoms with Crippen molar-refractivity contribution in [2.75, 3.05) is 37.6 Å². The second-order valence-electron chi connectivity index (χ2n) is 9.64. The largest absolute Gasteiger partial charge is 0.507 e. The van der Waals surface area contributed by atoms with Crippen molar-refractivity contribution >= 4 is 28.8 Å². The van der Waals surface area contributed by atoms with E-state index in [0.29, 0.717) is 34.9 Å². The van der Waals surface area contributed by atoms with E-state index in [2.05, 4.69) is 0 Å². The molecule has 0 aromatic heterocycles. The zero-order valence-corrected chi connectivity index (χ0v) is 22.7. The zero-order valence-electron chi connectivity index (χ0n) is 22.7. The van der Waals surface area contributed by atoms with Gasteiger partial charge in [0.05, 0.1) is 25.3 Å². The van der Waals surface area contributed by atoms with Crippen LogP contribution in [-0.4, -0.2) is 44.6 Å². The van der Waals surface area contributed by atoms with Crippen LogP contribution >= 0.6 is 0 Å². The molecule has 3 aromatic carbocycles. The van der Waals surface area contributed by atoms with Gasteiger partial charge in [-0.15, -0.1) is 0 Å². The van der Waals surface area contributed by atoms with Gasteiger partial charge in [0.2, 0.25) is 0 Å². The van der Waals surface area contributed by atoms with E-state index in [-0.39, 0.29) is 11.3 Å². The van der Waals surface area contributed by atoms with Gasteiger partial charge in [-0.05, 0) is 73.4 Å². The normalized spacial score (nSPS) is 16.6. The lowest BCUT2D eigenvalue weighted by Gasteiger charge is -2.26. The van der Waals surface area contributed by atoms with Crippen LogP contribution in [0.15, 0.2) is 66.2 Å². The minimum Gasteiger partial charge on any atom is -0.507 e. The Labute approximate surface area is 223 Å². The highest BCUT2D eigenvalue weighted by molar-refractivity contribution is 6.51. The van der Waals surface area contributed by atoms with E-state index in [9.17, 15) is 14.7 Å². The summed E-state index contributed by atoms with van der Waals surface area (Å²) >= 11 is 0. The van der Waals surface area contributed by atoms with Crippen LogP contribution in [0.4, 0.5) is 11.4 Å². The predicted molar refractivity (Wildman–Crippen MR) is 150 cm³/mol. The van der Waals surface area contributed by atoms with Gasteiger partial charge in [-0.2, -0.15) is 0 Å². The third-order valence-corrected chi connectivity index (χ3v) is 6.74. The van der Waals surface area contributed by atoms with Gasteiger partial charge in [0.15, 0.2) is 0 Å². The highest BCUT2D eigenvalue weighted by atomic mass is 16.5. The average Bonchev–Trinajstić information content (AvgIpc) is 3.18. The van der Waals surface area contributed by atoms with Crippen molar-refractivity contribution in [3.63, 3.8) is 0 Å². The highest BCUT2D eigenvalue weighted by Gasteiger charge is 2.47. The number of carbonyl (C=O) groups is 2. The molecular weight excluding hydrogens is 480 g/mol. The van der Waals surface area contributed by atoms with E-state index in [0.717, 1.165) is 23.2 Å². The molecule has 7 heteroatoms. The molecule has 1 N–H and O–H groups in total. The van der Waals surface area contributed by atoms with Crippen molar-refractivity contribution in [2.24, 2.45) is 0 Å². The van der Waals surface area contributed by atoms with Crippen molar-refractivity contribution in [1.82, 2.24) is 0 Å². The number of anilines is 2. The maximum atomic E-state index is 13.6. The van der Waals surface area contributed by atoms with Crippen LogP contribution in [0, 0.1) is 13.8 Å². The highest BCUT2D eigenvalue weighted by Crippen LogP contribution is 2.43. The van der Waals surface area contributed by atoms with Crippen LogP contribution in [0.1, 0.15) is 41.6 Å². The van der Waals surface area contributed by atoms with Gasteiger partial charge in [0.25, 0.3) is 11.7 Å². The van der Waals surface area contributed by atoms with Crippen molar-refractivity contribution in [1.29, 1.82) is 0 Å². The van der Waals surface area contributed by atoms with E-state index in [1.165, 1.54) is 4.90 Å². The smallest absolute Gasteiger partial charge is 0.300 e. The Morgan fingerprint density at radius 3 is 2.34 bits per heavy atom. The molecule has 0 bridgehead atoms. The Bertz CT molecular complexity index is 1390. The summed E-state index contributed by atoms with van der Waals surface area (Å²) in [6.45, 7) is 6.26. The Morgan fingerprint density at radius 2 is 1.71 bits per heavy atom. The number of benzene rings is 3. The lowest BCUT2D eigenvalue weighted by molar-refractivity contribution is -0.132. The number of carbonyl (C=O) groups excluding carboxylic acids is 2. The van der Waals surface area contributed by atoms with Crippen LogP contribution in [-0.2, 0) is 9.59 Å². The number of aliphatic hydroxyl groups is 1. The fraction of sp³-hybridized carbons (Fsp3) is 0.290. The lowest BCUT2D eigenvalue weighted by Crippen LogP contribution is -2.29. The molecule has 1 amide bonds. The third-order valence-electron chi connectivity index (χ3n) is 6.74. The van der Waals surface area contributed by atoms with Gasteiger partial charge in [-0.3, -0.25) is 14.5 Å². The molecule has 1 fully saturated rings. The molecule has 1 unspecified atom stereocenters. The molecule has 0 aliphatic carbocycles. The molecule has 0 spiro atoms. The van der Waals surface area contributed by atoms with Gasteiger partial charge in [-0.1, -0.05) is 25.1 Å². The van der Waals surface area contributed by atoms with Crippen LogP contribution in [0.3, 0.4) is 0 Å². The SMILES string of the molecule is CCCOc1cccc(N2C(=O)C(=O)/C(=C(/O)c3cc(C)c(OC)cc3C)C2c2ccc(N(C)C)cc2)c1. The first-order valence-corrected chi connectivity index (χ1v) is 12.6. The summed E-state index contributed by atoms with van der Waals surface area (Å²) in [5, 5.41) is 11.6. The second kappa shape index (κ2) is 11.0. The molecule has 1 aliphatic rings. The lowest BCUT2D eigenvalue weighted by atomic mass is 9.92. The summed E-state index contributed by atoms with van der Waals surface area (Å²) in [6, 6.07) is 17.5. The molecular formula is C31H34N2O5. The molecule has 38 heavy (non-hydrogen) atoms. The van der Waals surface area contributed by atoms with Gasteiger partial charge >= 0.3 is 0 Å². The van der Waals surface area contributed by atoms with E-state index in [1.54, 1.807) is 31.4 Å². The summed E-state index contributed by atoms with van der Waals surface area (Å²) in [4.78, 5) is 30.5. The maximum absolute atomic E-state index is 13.6. The number of Topliss-reactive ketones (excluding diaryl/α,β-unsaturated/α-hetero) is 1.